The summed E-state index contributed by atoms with van der Waals surface area (Å²) in [6, 6.07) is 17.1. The molecule has 4 rings (SSSR count). The SMILES string of the molecule is CC(=O)Nc1cc(NC(=O)c2ccc(SCc3cn4ccccc4n3)cc2)ccc1F. The maximum Gasteiger partial charge on any atom is 0.255 e. The van der Waals surface area contributed by atoms with E-state index in [0.717, 1.165) is 16.2 Å². The number of benzene rings is 2. The molecule has 0 aliphatic rings. The predicted octanol–water partition coefficient (Wildman–Crippen LogP) is 4.98. The molecule has 2 amide bonds. The van der Waals surface area contributed by atoms with E-state index in [0.29, 0.717) is 17.0 Å². The minimum absolute atomic E-state index is 0.0176. The number of fused-ring (bicyclic) bond motifs is 1. The van der Waals surface area contributed by atoms with Gasteiger partial charge in [-0.1, -0.05) is 6.07 Å². The van der Waals surface area contributed by atoms with Crippen molar-refractivity contribution in [2.24, 2.45) is 0 Å². The predicted molar refractivity (Wildman–Crippen MR) is 120 cm³/mol. The van der Waals surface area contributed by atoms with Gasteiger partial charge in [-0.05, 0) is 54.6 Å². The average Bonchev–Trinajstić information content (AvgIpc) is 3.18. The Morgan fingerprint density at radius 1 is 1.06 bits per heavy atom. The van der Waals surface area contributed by atoms with Gasteiger partial charge in [0, 0.05) is 41.2 Å². The van der Waals surface area contributed by atoms with E-state index in [4.69, 9.17) is 0 Å². The normalized spacial score (nSPS) is 10.8. The van der Waals surface area contributed by atoms with Crippen LogP contribution >= 0.6 is 11.8 Å². The lowest BCUT2D eigenvalue weighted by Gasteiger charge is -2.09. The molecule has 156 valence electrons. The molecule has 0 spiro atoms. The number of halogens is 1. The highest BCUT2D eigenvalue weighted by Crippen LogP contribution is 2.24. The molecule has 2 aromatic carbocycles. The summed E-state index contributed by atoms with van der Waals surface area (Å²) in [5.41, 5.74) is 2.77. The lowest BCUT2D eigenvalue weighted by atomic mass is 10.2. The van der Waals surface area contributed by atoms with Gasteiger partial charge in [0.25, 0.3) is 5.91 Å². The first-order valence-electron chi connectivity index (χ1n) is 9.52. The number of carbonyl (C=O) groups excluding carboxylic acids is 2. The monoisotopic (exact) mass is 434 g/mol. The number of nitrogens with zero attached hydrogens (tertiary/aromatic N) is 2. The molecule has 0 aliphatic heterocycles. The van der Waals surface area contributed by atoms with Gasteiger partial charge in [0.2, 0.25) is 5.91 Å². The molecule has 0 aliphatic carbocycles. The molecule has 0 saturated carbocycles. The van der Waals surface area contributed by atoms with Gasteiger partial charge in [0.1, 0.15) is 11.5 Å². The summed E-state index contributed by atoms with van der Waals surface area (Å²) in [4.78, 5) is 29.3. The summed E-state index contributed by atoms with van der Waals surface area (Å²) in [7, 11) is 0. The zero-order chi connectivity index (χ0) is 21.8. The van der Waals surface area contributed by atoms with E-state index in [-0.39, 0.29) is 17.5 Å². The number of thioether (sulfide) groups is 1. The van der Waals surface area contributed by atoms with Crippen molar-refractivity contribution >= 4 is 40.6 Å². The number of pyridine rings is 1. The zero-order valence-corrected chi connectivity index (χ0v) is 17.4. The number of anilines is 2. The fourth-order valence-corrected chi connectivity index (χ4v) is 3.79. The zero-order valence-electron chi connectivity index (χ0n) is 16.6. The first kappa shape index (κ1) is 20.6. The fraction of sp³-hybridized carbons (Fsp3) is 0.0870. The van der Waals surface area contributed by atoms with Crippen LogP contribution < -0.4 is 10.6 Å². The number of amides is 2. The van der Waals surface area contributed by atoms with Crippen molar-refractivity contribution in [2.75, 3.05) is 10.6 Å². The highest BCUT2D eigenvalue weighted by Gasteiger charge is 2.10. The summed E-state index contributed by atoms with van der Waals surface area (Å²) in [6.07, 6.45) is 3.96. The lowest BCUT2D eigenvalue weighted by molar-refractivity contribution is -0.114. The third-order valence-corrected chi connectivity index (χ3v) is 5.50. The summed E-state index contributed by atoms with van der Waals surface area (Å²) in [5, 5.41) is 5.11. The largest absolute Gasteiger partial charge is 0.324 e. The fourth-order valence-electron chi connectivity index (χ4n) is 3.01. The van der Waals surface area contributed by atoms with Gasteiger partial charge in [0.15, 0.2) is 0 Å². The van der Waals surface area contributed by atoms with Crippen LogP contribution in [-0.2, 0) is 10.5 Å². The Kier molecular flexibility index (Phi) is 5.99. The molecule has 0 atom stereocenters. The Hall–Kier alpha value is -3.65. The van der Waals surface area contributed by atoms with Gasteiger partial charge in [-0.15, -0.1) is 11.8 Å². The van der Waals surface area contributed by atoms with Crippen LogP contribution in [0.5, 0.6) is 0 Å². The molecule has 0 fully saturated rings. The van der Waals surface area contributed by atoms with Crippen molar-refractivity contribution in [2.45, 2.75) is 17.6 Å². The molecule has 0 radical (unpaired) electrons. The van der Waals surface area contributed by atoms with Crippen molar-refractivity contribution in [1.82, 2.24) is 9.38 Å². The lowest BCUT2D eigenvalue weighted by Crippen LogP contribution is -2.13. The molecule has 6 nitrogen and oxygen atoms in total. The topological polar surface area (TPSA) is 75.5 Å². The van der Waals surface area contributed by atoms with Crippen LogP contribution in [0.25, 0.3) is 5.65 Å². The Balaban J connectivity index is 1.38. The van der Waals surface area contributed by atoms with Crippen molar-refractivity contribution < 1.29 is 14.0 Å². The second kappa shape index (κ2) is 9.01. The van der Waals surface area contributed by atoms with Crippen LogP contribution in [0.3, 0.4) is 0 Å². The van der Waals surface area contributed by atoms with E-state index in [1.54, 1.807) is 23.9 Å². The number of hydrogen-bond acceptors (Lipinski definition) is 4. The van der Waals surface area contributed by atoms with Crippen LogP contribution in [0.2, 0.25) is 0 Å². The van der Waals surface area contributed by atoms with E-state index in [1.165, 1.54) is 25.1 Å². The number of aromatic nitrogens is 2. The minimum atomic E-state index is -0.569. The molecule has 4 aromatic rings. The van der Waals surface area contributed by atoms with Crippen LogP contribution in [0, 0.1) is 5.82 Å². The van der Waals surface area contributed by atoms with Crippen LogP contribution in [0.1, 0.15) is 23.0 Å². The van der Waals surface area contributed by atoms with Gasteiger partial charge in [-0.3, -0.25) is 9.59 Å². The summed E-state index contributed by atoms with van der Waals surface area (Å²) in [6.45, 7) is 1.29. The van der Waals surface area contributed by atoms with Crippen LogP contribution in [0.15, 0.2) is 78.0 Å². The number of rotatable bonds is 6. The molecule has 0 saturated heterocycles. The molecular weight excluding hydrogens is 415 g/mol. The number of carbonyl (C=O) groups is 2. The molecular formula is C23H19FN4O2S. The summed E-state index contributed by atoms with van der Waals surface area (Å²) in [5.74, 6) is -0.564. The average molecular weight is 434 g/mol. The van der Waals surface area contributed by atoms with E-state index >= 15 is 0 Å². The highest BCUT2D eigenvalue weighted by molar-refractivity contribution is 7.98. The minimum Gasteiger partial charge on any atom is -0.324 e. The van der Waals surface area contributed by atoms with E-state index < -0.39 is 5.82 Å². The first-order chi connectivity index (χ1) is 15.0. The van der Waals surface area contributed by atoms with Crippen LogP contribution in [-0.4, -0.2) is 21.2 Å². The van der Waals surface area contributed by atoms with E-state index in [1.807, 2.05) is 47.1 Å². The number of nitrogens with one attached hydrogen (secondary N) is 2. The van der Waals surface area contributed by atoms with Crippen molar-refractivity contribution in [3.63, 3.8) is 0 Å². The van der Waals surface area contributed by atoms with Crippen molar-refractivity contribution in [1.29, 1.82) is 0 Å². The Morgan fingerprint density at radius 3 is 2.61 bits per heavy atom. The smallest absolute Gasteiger partial charge is 0.255 e. The van der Waals surface area contributed by atoms with E-state index in [9.17, 15) is 14.0 Å². The Bertz CT molecular complexity index is 1220. The van der Waals surface area contributed by atoms with E-state index in [2.05, 4.69) is 15.6 Å². The summed E-state index contributed by atoms with van der Waals surface area (Å²) >= 11 is 1.63. The molecule has 0 bridgehead atoms. The Labute approximate surface area is 182 Å². The Morgan fingerprint density at radius 2 is 1.87 bits per heavy atom. The maximum absolute atomic E-state index is 13.8. The molecule has 8 heteroatoms. The standard InChI is InChI=1S/C23H19FN4O2S/c1-15(29)25-21-12-17(7-10-20(21)24)27-23(30)16-5-8-19(9-6-16)31-14-18-13-28-11-3-2-4-22(28)26-18/h2-13H,14H2,1H3,(H,25,29)(H,27,30). The molecule has 31 heavy (non-hydrogen) atoms. The van der Waals surface area contributed by atoms with Gasteiger partial charge in [0.05, 0.1) is 11.4 Å². The number of imidazole rings is 1. The third kappa shape index (κ3) is 5.10. The molecule has 2 heterocycles. The summed E-state index contributed by atoms with van der Waals surface area (Å²) < 4.78 is 15.7. The second-order valence-electron chi connectivity index (χ2n) is 6.84. The van der Waals surface area contributed by atoms with Gasteiger partial charge in [-0.2, -0.15) is 0 Å². The van der Waals surface area contributed by atoms with Crippen LogP contribution in [0.4, 0.5) is 15.8 Å². The first-order valence-corrected chi connectivity index (χ1v) is 10.5. The third-order valence-electron chi connectivity index (χ3n) is 4.45. The maximum atomic E-state index is 13.8. The molecule has 2 aromatic heterocycles. The van der Waals surface area contributed by atoms with Gasteiger partial charge in [-0.25, -0.2) is 9.37 Å². The second-order valence-corrected chi connectivity index (χ2v) is 7.89. The van der Waals surface area contributed by atoms with Crippen molar-refractivity contribution in [3.05, 3.63) is 90.1 Å². The number of hydrogen-bond donors (Lipinski definition) is 2. The highest BCUT2D eigenvalue weighted by atomic mass is 32.2. The van der Waals surface area contributed by atoms with Gasteiger partial charge < -0.3 is 15.0 Å². The molecule has 0 unspecified atom stereocenters. The van der Waals surface area contributed by atoms with Gasteiger partial charge >= 0.3 is 0 Å². The van der Waals surface area contributed by atoms with Crippen molar-refractivity contribution in [3.8, 4) is 0 Å². The molecule has 2 N–H and O–H groups in total. The quantitative estimate of drug-likeness (QED) is 0.420.